The number of nitrogens with one attached hydrogen (secondary N) is 1. The van der Waals surface area contributed by atoms with Gasteiger partial charge in [0.2, 0.25) is 0 Å². The van der Waals surface area contributed by atoms with E-state index in [1.165, 1.54) is 0 Å². The lowest BCUT2D eigenvalue weighted by Crippen LogP contribution is -2.01. The first-order valence-electron chi connectivity index (χ1n) is 6.04. The molecule has 0 amide bonds. The number of halogens is 1. The number of hydrogen-bond donors (Lipinski definition) is 1. The van der Waals surface area contributed by atoms with Crippen LogP contribution in [0.1, 0.15) is 19.2 Å². The number of aryl methyl sites for hydroxylation is 1. The van der Waals surface area contributed by atoms with E-state index in [1.54, 1.807) is 0 Å². The molecule has 0 spiro atoms. The van der Waals surface area contributed by atoms with Gasteiger partial charge < -0.3 is 5.32 Å². The van der Waals surface area contributed by atoms with Crippen molar-refractivity contribution in [2.75, 3.05) is 12.4 Å². The molecule has 1 aromatic carbocycles. The van der Waals surface area contributed by atoms with Gasteiger partial charge in [0.25, 0.3) is 0 Å². The van der Waals surface area contributed by atoms with E-state index in [4.69, 9.17) is 11.6 Å². The number of aromatic nitrogens is 2. The maximum atomic E-state index is 6.01. The molecule has 4 heteroatoms. The van der Waals surface area contributed by atoms with Crippen molar-refractivity contribution in [3.63, 3.8) is 0 Å². The number of rotatable bonds is 4. The topological polar surface area (TPSA) is 37.8 Å². The zero-order valence-electron chi connectivity index (χ0n) is 10.6. The first-order chi connectivity index (χ1) is 8.72. The predicted octanol–water partition coefficient (Wildman–Crippen LogP) is 3.79. The van der Waals surface area contributed by atoms with Gasteiger partial charge >= 0.3 is 0 Å². The van der Waals surface area contributed by atoms with Gasteiger partial charge in [-0.15, -0.1) is 0 Å². The summed E-state index contributed by atoms with van der Waals surface area (Å²) in [5, 5.41) is 3.78. The van der Waals surface area contributed by atoms with E-state index in [9.17, 15) is 0 Å². The summed E-state index contributed by atoms with van der Waals surface area (Å²) >= 11 is 6.01. The van der Waals surface area contributed by atoms with Crippen LogP contribution in [0, 0.1) is 0 Å². The van der Waals surface area contributed by atoms with E-state index in [2.05, 4.69) is 22.2 Å². The Morgan fingerprint density at radius 2 is 2.06 bits per heavy atom. The van der Waals surface area contributed by atoms with Crippen LogP contribution in [-0.4, -0.2) is 17.0 Å². The smallest absolute Gasteiger partial charge is 0.131 e. The van der Waals surface area contributed by atoms with Gasteiger partial charge in [0.05, 0.1) is 5.69 Å². The second kappa shape index (κ2) is 5.83. The third kappa shape index (κ3) is 2.99. The molecule has 1 aromatic heterocycles. The van der Waals surface area contributed by atoms with Gasteiger partial charge in [-0.3, -0.25) is 0 Å². The highest BCUT2D eigenvalue weighted by molar-refractivity contribution is 6.30. The van der Waals surface area contributed by atoms with E-state index in [1.807, 2.05) is 37.4 Å². The first-order valence-corrected chi connectivity index (χ1v) is 6.42. The summed E-state index contributed by atoms with van der Waals surface area (Å²) in [5.74, 6) is 1.70. The van der Waals surface area contributed by atoms with Crippen molar-refractivity contribution in [2.45, 2.75) is 19.8 Å². The Balaban J connectivity index is 2.46. The molecule has 0 aliphatic heterocycles. The van der Waals surface area contributed by atoms with Gasteiger partial charge in [-0.2, -0.15) is 0 Å². The fourth-order valence-electron chi connectivity index (χ4n) is 1.76. The van der Waals surface area contributed by atoms with Gasteiger partial charge in [0.15, 0.2) is 0 Å². The molecule has 0 saturated heterocycles. The van der Waals surface area contributed by atoms with Crippen LogP contribution in [0.3, 0.4) is 0 Å². The number of nitrogens with zero attached hydrogens (tertiary/aromatic N) is 2. The molecule has 3 nitrogen and oxygen atoms in total. The number of benzene rings is 1. The zero-order chi connectivity index (χ0) is 13.0. The summed E-state index contributed by atoms with van der Waals surface area (Å²) < 4.78 is 0. The minimum Gasteiger partial charge on any atom is -0.373 e. The Labute approximate surface area is 112 Å². The normalized spacial score (nSPS) is 10.4. The SMILES string of the molecule is CCCc1nc(NC)cc(-c2cccc(Cl)c2)n1. The maximum Gasteiger partial charge on any atom is 0.131 e. The average molecular weight is 262 g/mol. The van der Waals surface area contributed by atoms with Crippen molar-refractivity contribution < 1.29 is 0 Å². The number of anilines is 1. The molecule has 2 aromatic rings. The van der Waals surface area contributed by atoms with Crippen LogP contribution < -0.4 is 5.32 Å². The van der Waals surface area contributed by atoms with Gasteiger partial charge in [-0.25, -0.2) is 9.97 Å². The average Bonchev–Trinajstić information content (AvgIpc) is 2.39. The van der Waals surface area contributed by atoms with Crippen molar-refractivity contribution in [3.8, 4) is 11.3 Å². The molecule has 0 bridgehead atoms. The second-order valence-electron chi connectivity index (χ2n) is 4.07. The highest BCUT2D eigenvalue weighted by Crippen LogP contribution is 2.23. The summed E-state index contributed by atoms with van der Waals surface area (Å²) in [6, 6.07) is 9.64. The van der Waals surface area contributed by atoms with Crippen LogP contribution in [-0.2, 0) is 6.42 Å². The Bertz CT molecular complexity index is 540. The summed E-state index contributed by atoms with van der Waals surface area (Å²) in [4.78, 5) is 9.01. The molecular weight excluding hydrogens is 246 g/mol. The van der Waals surface area contributed by atoms with E-state index in [0.717, 1.165) is 35.7 Å². The standard InChI is InChI=1S/C14H16ClN3/c1-3-5-13-17-12(9-14(16-2)18-13)10-6-4-7-11(15)8-10/h4,6-9H,3,5H2,1-2H3,(H,16,17,18). The Kier molecular flexibility index (Phi) is 4.15. The second-order valence-corrected chi connectivity index (χ2v) is 4.50. The first kappa shape index (κ1) is 12.8. The third-order valence-corrected chi connectivity index (χ3v) is 2.86. The van der Waals surface area contributed by atoms with Crippen molar-refractivity contribution in [1.29, 1.82) is 0 Å². The molecule has 94 valence electrons. The third-order valence-electron chi connectivity index (χ3n) is 2.62. The quantitative estimate of drug-likeness (QED) is 0.910. The van der Waals surface area contributed by atoms with E-state index in [-0.39, 0.29) is 0 Å². The zero-order valence-corrected chi connectivity index (χ0v) is 11.3. The molecule has 0 unspecified atom stereocenters. The lowest BCUT2D eigenvalue weighted by molar-refractivity contribution is 0.838. The highest BCUT2D eigenvalue weighted by atomic mass is 35.5. The Morgan fingerprint density at radius 3 is 2.72 bits per heavy atom. The molecule has 0 saturated carbocycles. The molecule has 0 aliphatic rings. The van der Waals surface area contributed by atoms with Crippen molar-refractivity contribution in [1.82, 2.24) is 9.97 Å². The van der Waals surface area contributed by atoms with Crippen LogP contribution in [0.25, 0.3) is 11.3 Å². The summed E-state index contributed by atoms with van der Waals surface area (Å²) in [7, 11) is 1.86. The fourth-order valence-corrected chi connectivity index (χ4v) is 1.95. The van der Waals surface area contributed by atoms with Crippen molar-refractivity contribution >= 4 is 17.4 Å². The van der Waals surface area contributed by atoms with Crippen LogP contribution in [0.4, 0.5) is 5.82 Å². The van der Waals surface area contributed by atoms with Crippen molar-refractivity contribution in [2.24, 2.45) is 0 Å². The Hall–Kier alpha value is -1.61. The summed E-state index contributed by atoms with van der Waals surface area (Å²) in [5.41, 5.74) is 1.92. The minimum atomic E-state index is 0.717. The predicted molar refractivity (Wildman–Crippen MR) is 76.0 cm³/mol. The Morgan fingerprint density at radius 1 is 1.22 bits per heavy atom. The molecule has 0 atom stereocenters. The highest BCUT2D eigenvalue weighted by Gasteiger charge is 2.06. The van der Waals surface area contributed by atoms with Crippen LogP contribution in [0.2, 0.25) is 5.02 Å². The van der Waals surface area contributed by atoms with Crippen LogP contribution in [0.5, 0.6) is 0 Å². The largest absolute Gasteiger partial charge is 0.373 e. The molecule has 1 N–H and O–H groups in total. The summed E-state index contributed by atoms with van der Waals surface area (Å²) in [6.07, 6.45) is 1.91. The van der Waals surface area contributed by atoms with Gasteiger partial charge in [-0.1, -0.05) is 30.7 Å². The van der Waals surface area contributed by atoms with E-state index >= 15 is 0 Å². The monoisotopic (exact) mass is 261 g/mol. The molecule has 1 heterocycles. The van der Waals surface area contributed by atoms with E-state index < -0.39 is 0 Å². The van der Waals surface area contributed by atoms with Gasteiger partial charge in [0, 0.05) is 30.1 Å². The lowest BCUT2D eigenvalue weighted by atomic mass is 10.1. The molecule has 18 heavy (non-hydrogen) atoms. The summed E-state index contributed by atoms with van der Waals surface area (Å²) in [6.45, 7) is 2.12. The van der Waals surface area contributed by atoms with Gasteiger partial charge in [0.1, 0.15) is 11.6 Å². The fraction of sp³-hybridized carbons (Fsp3) is 0.286. The number of hydrogen-bond acceptors (Lipinski definition) is 3. The molecular formula is C14H16ClN3. The van der Waals surface area contributed by atoms with Crippen molar-refractivity contribution in [3.05, 3.63) is 41.2 Å². The molecule has 0 fully saturated rings. The minimum absolute atomic E-state index is 0.717. The van der Waals surface area contributed by atoms with E-state index in [0.29, 0.717) is 5.02 Å². The van der Waals surface area contributed by atoms with Gasteiger partial charge in [-0.05, 0) is 18.6 Å². The van der Waals surface area contributed by atoms with Crippen LogP contribution in [0.15, 0.2) is 30.3 Å². The molecule has 0 radical (unpaired) electrons. The van der Waals surface area contributed by atoms with Crippen LogP contribution >= 0.6 is 11.6 Å². The lowest BCUT2D eigenvalue weighted by Gasteiger charge is -2.07. The molecule has 0 aliphatic carbocycles. The maximum absolute atomic E-state index is 6.01. The molecule has 2 rings (SSSR count).